The number of esters is 1. The van der Waals surface area contributed by atoms with Crippen molar-refractivity contribution in [2.45, 2.75) is 25.7 Å². The van der Waals surface area contributed by atoms with Gasteiger partial charge in [-0.1, -0.05) is 13.0 Å². The lowest BCUT2D eigenvalue weighted by atomic mass is 9.89. The molecule has 0 aromatic heterocycles. The molecular weight excluding hydrogens is 258 g/mol. The molecule has 0 amide bonds. The predicted molar refractivity (Wildman–Crippen MR) is 74.9 cm³/mol. The standard InChI is InChI=1S/C15H25NO4/c1-2-15(17)19-7-5-18-6-8-20-16-11-14-10-12-3-4-13(14)9-12/h2,12-14,16H,1,3-11H2. The second-order valence-electron chi connectivity index (χ2n) is 5.62. The van der Waals surface area contributed by atoms with Crippen molar-refractivity contribution in [2.75, 3.05) is 33.0 Å². The largest absolute Gasteiger partial charge is 0.460 e. The first-order valence-corrected chi connectivity index (χ1v) is 7.51. The van der Waals surface area contributed by atoms with E-state index in [-0.39, 0.29) is 6.61 Å². The Morgan fingerprint density at radius 3 is 2.75 bits per heavy atom. The van der Waals surface area contributed by atoms with Crippen molar-refractivity contribution in [3.63, 3.8) is 0 Å². The second kappa shape index (κ2) is 8.39. The fourth-order valence-corrected chi connectivity index (χ4v) is 3.33. The highest BCUT2D eigenvalue weighted by molar-refractivity contribution is 5.81. The van der Waals surface area contributed by atoms with Crippen LogP contribution in [0.15, 0.2) is 12.7 Å². The van der Waals surface area contributed by atoms with Gasteiger partial charge in [0, 0.05) is 12.6 Å². The van der Waals surface area contributed by atoms with E-state index < -0.39 is 5.97 Å². The molecule has 0 aromatic rings. The van der Waals surface area contributed by atoms with Crippen molar-refractivity contribution >= 4 is 5.97 Å². The van der Waals surface area contributed by atoms with E-state index in [1.807, 2.05) is 0 Å². The average Bonchev–Trinajstić information content (AvgIpc) is 3.07. The van der Waals surface area contributed by atoms with Gasteiger partial charge >= 0.3 is 5.97 Å². The molecule has 3 atom stereocenters. The summed E-state index contributed by atoms with van der Waals surface area (Å²) in [7, 11) is 0. The van der Waals surface area contributed by atoms with Crippen LogP contribution in [0.25, 0.3) is 0 Å². The van der Waals surface area contributed by atoms with E-state index in [1.54, 1.807) is 0 Å². The molecule has 0 aromatic carbocycles. The summed E-state index contributed by atoms with van der Waals surface area (Å²) in [4.78, 5) is 16.1. The lowest BCUT2D eigenvalue weighted by Crippen LogP contribution is -2.28. The number of carbonyl (C=O) groups excluding carboxylic acids is 1. The molecule has 0 aliphatic heterocycles. The number of nitrogens with one attached hydrogen (secondary N) is 1. The monoisotopic (exact) mass is 283 g/mol. The molecule has 0 radical (unpaired) electrons. The summed E-state index contributed by atoms with van der Waals surface area (Å²) in [5, 5.41) is 0. The third-order valence-electron chi connectivity index (χ3n) is 4.30. The van der Waals surface area contributed by atoms with Crippen LogP contribution in [0.4, 0.5) is 0 Å². The Kier molecular flexibility index (Phi) is 6.50. The molecule has 20 heavy (non-hydrogen) atoms. The first kappa shape index (κ1) is 15.5. The number of hydroxylamine groups is 1. The lowest BCUT2D eigenvalue weighted by Gasteiger charge is -2.21. The van der Waals surface area contributed by atoms with Crippen molar-refractivity contribution in [3.05, 3.63) is 12.7 Å². The first-order chi connectivity index (χ1) is 9.79. The zero-order chi connectivity index (χ0) is 14.2. The maximum absolute atomic E-state index is 10.7. The number of hydrogen-bond donors (Lipinski definition) is 1. The van der Waals surface area contributed by atoms with E-state index in [0.29, 0.717) is 19.8 Å². The Morgan fingerprint density at radius 1 is 1.20 bits per heavy atom. The van der Waals surface area contributed by atoms with E-state index in [0.717, 1.165) is 30.4 Å². The summed E-state index contributed by atoms with van der Waals surface area (Å²) in [5.41, 5.74) is 3.05. The van der Waals surface area contributed by atoms with E-state index in [4.69, 9.17) is 14.3 Å². The minimum absolute atomic E-state index is 0.253. The van der Waals surface area contributed by atoms with Gasteiger partial charge in [-0.05, 0) is 37.0 Å². The molecule has 2 aliphatic carbocycles. The molecule has 2 rings (SSSR count). The van der Waals surface area contributed by atoms with E-state index >= 15 is 0 Å². The molecular formula is C15H25NO4. The number of ether oxygens (including phenoxy) is 2. The maximum atomic E-state index is 10.7. The molecule has 2 aliphatic rings. The molecule has 2 bridgehead atoms. The second-order valence-corrected chi connectivity index (χ2v) is 5.62. The van der Waals surface area contributed by atoms with Gasteiger partial charge in [0.25, 0.3) is 0 Å². The highest BCUT2D eigenvalue weighted by atomic mass is 16.7. The van der Waals surface area contributed by atoms with Crippen LogP contribution in [0.2, 0.25) is 0 Å². The van der Waals surface area contributed by atoms with Crippen LogP contribution in [0.3, 0.4) is 0 Å². The zero-order valence-corrected chi connectivity index (χ0v) is 12.0. The molecule has 3 unspecified atom stereocenters. The van der Waals surface area contributed by atoms with E-state index in [2.05, 4.69) is 12.1 Å². The highest BCUT2D eigenvalue weighted by Gasteiger charge is 2.38. The SMILES string of the molecule is C=CC(=O)OCCOCCONCC1CC2CCC1C2. The Bertz CT molecular complexity index is 321. The van der Waals surface area contributed by atoms with Crippen molar-refractivity contribution < 1.29 is 19.1 Å². The zero-order valence-electron chi connectivity index (χ0n) is 12.0. The van der Waals surface area contributed by atoms with Crippen LogP contribution >= 0.6 is 0 Å². The molecule has 5 nitrogen and oxygen atoms in total. The molecule has 2 fully saturated rings. The molecule has 2 saturated carbocycles. The minimum Gasteiger partial charge on any atom is -0.460 e. The van der Waals surface area contributed by atoms with Crippen LogP contribution in [-0.4, -0.2) is 38.9 Å². The summed E-state index contributed by atoms with van der Waals surface area (Å²) in [5.74, 6) is 2.28. The third kappa shape index (κ3) is 4.89. The van der Waals surface area contributed by atoms with Gasteiger partial charge in [0.2, 0.25) is 0 Å². The van der Waals surface area contributed by atoms with Crippen molar-refractivity contribution in [1.29, 1.82) is 0 Å². The fourth-order valence-electron chi connectivity index (χ4n) is 3.33. The van der Waals surface area contributed by atoms with Gasteiger partial charge in [-0.15, -0.1) is 0 Å². The third-order valence-corrected chi connectivity index (χ3v) is 4.30. The number of carbonyl (C=O) groups is 1. The summed E-state index contributed by atoms with van der Waals surface area (Å²) >= 11 is 0. The van der Waals surface area contributed by atoms with Crippen LogP contribution in [0.1, 0.15) is 25.7 Å². The summed E-state index contributed by atoms with van der Waals surface area (Å²) in [6.45, 7) is 5.91. The van der Waals surface area contributed by atoms with E-state index in [9.17, 15) is 4.79 Å². The number of hydrogen-bond acceptors (Lipinski definition) is 5. The van der Waals surface area contributed by atoms with Crippen LogP contribution in [0.5, 0.6) is 0 Å². The van der Waals surface area contributed by atoms with Gasteiger partial charge in [0.15, 0.2) is 0 Å². The van der Waals surface area contributed by atoms with Crippen LogP contribution in [0, 0.1) is 17.8 Å². The molecule has 1 N–H and O–H groups in total. The van der Waals surface area contributed by atoms with Crippen molar-refractivity contribution in [1.82, 2.24) is 5.48 Å². The van der Waals surface area contributed by atoms with Gasteiger partial charge in [-0.3, -0.25) is 4.84 Å². The Hall–Kier alpha value is -0.910. The van der Waals surface area contributed by atoms with Gasteiger partial charge in [-0.25, -0.2) is 10.3 Å². The predicted octanol–water partition coefficient (Wildman–Crippen LogP) is 1.69. The first-order valence-electron chi connectivity index (χ1n) is 7.51. The summed E-state index contributed by atoms with van der Waals surface area (Å²) in [6.07, 6.45) is 6.78. The molecule has 5 heteroatoms. The summed E-state index contributed by atoms with van der Waals surface area (Å²) in [6, 6.07) is 0. The van der Waals surface area contributed by atoms with Crippen LogP contribution in [-0.2, 0) is 19.1 Å². The van der Waals surface area contributed by atoms with Gasteiger partial charge < -0.3 is 9.47 Å². The Labute approximate surface area is 120 Å². The molecule has 114 valence electrons. The molecule has 0 saturated heterocycles. The van der Waals surface area contributed by atoms with Crippen LogP contribution < -0.4 is 5.48 Å². The number of fused-ring (bicyclic) bond motifs is 2. The Morgan fingerprint density at radius 2 is 2.05 bits per heavy atom. The van der Waals surface area contributed by atoms with Crippen molar-refractivity contribution in [3.8, 4) is 0 Å². The highest BCUT2D eigenvalue weighted by Crippen LogP contribution is 2.47. The van der Waals surface area contributed by atoms with Gasteiger partial charge in [0.1, 0.15) is 6.61 Å². The maximum Gasteiger partial charge on any atom is 0.330 e. The van der Waals surface area contributed by atoms with E-state index in [1.165, 1.54) is 25.7 Å². The lowest BCUT2D eigenvalue weighted by molar-refractivity contribution is -0.139. The van der Waals surface area contributed by atoms with Crippen molar-refractivity contribution in [2.24, 2.45) is 17.8 Å². The summed E-state index contributed by atoms with van der Waals surface area (Å²) < 4.78 is 10.0. The van der Waals surface area contributed by atoms with Gasteiger partial charge in [-0.2, -0.15) is 0 Å². The average molecular weight is 283 g/mol. The quantitative estimate of drug-likeness (QED) is 0.286. The Balaban J connectivity index is 1.35. The normalized spacial score (nSPS) is 27.7. The topological polar surface area (TPSA) is 56.8 Å². The fraction of sp³-hybridized carbons (Fsp3) is 0.800. The minimum atomic E-state index is -0.419. The number of rotatable bonds is 10. The van der Waals surface area contributed by atoms with Gasteiger partial charge in [0.05, 0.1) is 19.8 Å². The smallest absolute Gasteiger partial charge is 0.330 e. The molecule has 0 spiro atoms. The molecule has 0 heterocycles.